The SMILES string of the molecule is C=C(C)c1[nH]n2c(=O)c(CCCC)c(C(C)(C)C)nc2c1Nc1ccc(N(CC)CC)cc1C. The van der Waals surface area contributed by atoms with E-state index in [1.165, 1.54) is 5.69 Å². The van der Waals surface area contributed by atoms with Gasteiger partial charge in [-0.15, -0.1) is 0 Å². The van der Waals surface area contributed by atoms with Gasteiger partial charge in [-0.3, -0.25) is 9.89 Å². The molecule has 6 nitrogen and oxygen atoms in total. The summed E-state index contributed by atoms with van der Waals surface area (Å²) < 4.78 is 1.59. The molecular weight excluding hydrogens is 422 g/mol. The van der Waals surface area contributed by atoms with E-state index in [-0.39, 0.29) is 11.0 Å². The molecule has 0 radical (unpaired) electrons. The summed E-state index contributed by atoms with van der Waals surface area (Å²) in [6.45, 7) is 23.0. The molecule has 0 atom stereocenters. The van der Waals surface area contributed by atoms with Gasteiger partial charge in [0, 0.05) is 35.4 Å². The average Bonchev–Trinajstić information content (AvgIpc) is 3.14. The smallest absolute Gasteiger partial charge is 0.276 e. The van der Waals surface area contributed by atoms with Crippen LogP contribution in [-0.4, -0.2) is 27.7 Å². The van der Waals surface area contributed by atoms with Crippen molar-refractivity contribution in [2.45, 2.75) is 80.1 Å². The van der Waals surface area contributed by atoms with Gasteiger partial charge in [0.15, 0.2) is 5.65 Å². The summed E-state index contributed by atoms with van der Waals surface area (Å²) in [5, 5.41) is 6.87. The molecule has 6 heteroatoms. The van der Waals surface area contributed by atoms with E-state index in [4.69, 9.17) is 4.98 Å². The van der Waals surface area contributed by atoms with Crippen LogP contribution in [0, 0.1) is 6.92 Å². The van der Waals surface area contributed by atoms with Crippen LogP contribution in [0.2, 0.25) is 0 Å². The summed E-state index contributed by atoms with van der Waals surface area (Å²) in [7, 11) is 0. The molecule has 2 aromatic heterocycles. The van der Waals surface area contributed by atoms with E-state index >= 15 is 0 Å². The lowest BCUT2D eigenvalue weighted by atomic mass is 9.87. The minimum atomic E-state index is -0.240. The van der Waals surface area contributed by atoms with Gasteiger partial charge < -0.3 is 10.2 Å². The average molecular weight is 464 g/mol. The Balaban J connectivity index is 2.21. The number of allylic oxidation sites excluding steroid dienone is 1. The van der Waals surface area contributed by atoms with Gasteiger partial charge in [0.25, 0.3) is 5.56 Å². The van der Waals surface area contributed by atoms with E-state index in [1.807, 2.05) is 6.92 Å². The van der Waals surface area contributed by atoms with Crippen LogP contribution in [0.25, 0.3) is 11.2 Å². The second-order valence-electron chi connectivity index (χ2n) is 10.2. The molecule has 0 amide bonds. The maximum absolute atomic E-state index is 13.6. The van der Waals surface area contributed by atoms with Crippen LogP contribution < -0.4 is 15.8 Å². The highest BCUT2D eigenvalue weighted by Crippen LogP contribution is 2.33. The fourth-order valence-electron chi connectivity index (χ4n) is 4.44. The number of benzene rings is 1. The molecule has 0 bridgehead atoms. The van der Waals surface area contributed by atoms with Crippen molar-refractivity contribution < 1.29 is 0 Å². The van der Waals surface area contributed by atoms with Crippen molar-refractivity contribution in [2.24, 2.45) is 0 Å². The molecule has 0 aliphatic carbocycles. The molecule has 0 saturated heterocycles. The van der Waals surface area contributed by atoms with Crippen molar-refractivity contribution in [3.8, 4) is 0 Å². The third kappa shape index (κ3) is 4.91. The Morgan fingerprint density at radius 2 is 1.88 bits per heavy atom. The quantitative estimate of drug-likeness (QED) is 0.375. The highest BCUT2D eigenvalue weighted by atomic mass is 16.1. The molecule has 184 valence electrons. The highest BCUT2D eigenvalue weighted by molar-refractivity contribution is 5.86. The first kappa shape index (κ1) is 25.6. The van der Waals surface area contributed by atoms with E-state index in [1.54, 1.807) is 4.52 Å². The number of unbranched alkanes of at least 4 members (excludes halogenated alkanes) is 1. The van der Waals surface area contributed by atoms with Crippen LogP contribution in [0.15, 0.2) is 29.6 Å². The fourth-order valence-corrected chi connectivity index (χ4v) is 4.44. The largest absolute Gasteiger partial charge is 0.372 e. The van der Waals surface area contributed by atoms with Gasteiger partial charge in [-0.25, -0.2) is 4.98 Å². The molecule has 34 heavy (non-hydrogen) atoms. The first-order valence-electron chi connectivity index (χ1n) is 12.5. The number of hydrogen-bond donors (Lipinski definition) is 2. The molecule has 0 aliphatic heterocycles. The number of fused-ring (bicyclic) bond motifs is 1. The first-order chi connectivity index (χ1) is 16.0. The maximum Gasteiger partial charge on any atom is 0.276 e. The van der Waals surface area contributed by atoms with E-state index in [9.17, 15) is 4.79 Å². The van der Waals surface area contributed by atoms with E-state index in [0.717, 1.165) is 71.8 Å². The van der Waals surface area contributed by atoms with Gasteiger partial charge >= 0.3 is 0 Å². The second kappa shape index (κ2) is 10.1. The monoisotopic (exact) mass is 463 g/mol. The van der Waals surface area contributed by atoms with Crippen LogP contribution in [0.1, 0.15) is 83.8 Å². The molecule has 1 aromatic carbocycles. The van der Waals surface area contributed by atoms with Gasteiger partial charge in [0.05, 0.1) is 11.4 Å². The molecule has 2 N–H and O–H groups in total. The number of H-pyrrole nitrogens is 1. The molecule has 0 fully saturated rings. The Morgan fingerprint density at radius 3 is 2.41 bits per heavy atom. The number of rotatable bonds is 9. The van der Waals surface area contributed by atoms with Crippen molar-refractivity contribution in [1.82, 2.24) is 14.6 Å². The topological polar surface area (TPSA) is 65.4 Å². The summed E-state index contributed by atoms with van der Waals surface area (Å²) in [5.41, 5.74) is 7.77. The Bertz CT molecular complexity index is 1240. The van der Waals surface area contributed by atoms with Crippen molar-refractivity contribution in [3.05, 3.63) is 57.6 Å². The summed E-state index contributed by atoms with van der Waals surface area (Å²) in [5.74, 6) is 0. The van der Waals surface area contributed by atoms with E-state index in [0.29, 0.717) is 5.65 Å². The number of anilines is 3. The van der Waals surface area contributed by atoms with Gasteiger partial charge in [0.1, 0.15) is 5.69 Å². The highest BCUT2D eigenvalue weighted by Gasteiger charge is 2.26. The molecule has 2 heterocycles. The summed E-state index contributed by atoms with van der Waals surface area (Å²) in [6, 6.07) is 6.45. The number of aryl methyl sites for hydroxylation is 1. The fraction of sp³-hybridized carbons (Fsp3) is 0.500. The van der Waals surface area contributed by atoms with Crippen LogP contribution in [0.4, 0.5) is 17.1 Å². The van der Waals surface area contributed by atoms with Crippen LogP contribution in [0.5, 0.6) is 0 Å². The van der Waals surface area contributed by atoms with Crippen LogP contribution >= 0.6 is 0 Å². The predicted molar refractivity (Wildman–Crippen MR) is 146 cm³/mol. The van der Waals surface area contributed by atoms with E-state index in [2.05, 4.69) is 88.6 Å². The lowest BCUT2D eigenvalue weighted by Crippen LogP contribution is -2.28. The lowest BCUT2D eigenvalue weighted by Gasteiger charge is -2.23. The zero-order valence-electron chi connectivity index (χ0n) is 22.2. The Labute approximate surface area is 204 Å². The minimum absolute atomic E-state index is 0.0208. The molecule has 0 aliphatic rings. The van der Waals surface area contributed by atoms with Gasteiger partial charge in [-0.1, -0.05) is 40.7 Å². The van der Waals surface area contributed by atoms with Crippen LogP contribution in [0.3, 0.4) is 0 Å². The molecule has 3 aromatic rings. The summed E-state index contributed by atoms with van der Waals surface area (Å²) >= 11 is 0. The van der Waals surface area contributed by atoms with Crippen molar-refractivity contribution in [2.75, 3.05) is 23.3 Å². The van der Waals surface area contributed by atoms with Crippen LogP contribution in [-0.2, 0) is 11.8 Å². The number of nitrogens with zero attached hydrogens (tertiary/aromatic N) is 3. The van der Waals surface area contributed by atoms with Crippen molar-refractivity contribution >= 4 is 28.3 Å². The molecule has 0 unspecified atom stereocenters. The molecular formula is C28H41N5O. The number of nitrogens with one attached hydrogen (secondary N) is 2. The van der Waals surface area contributed by atoms with E-state index < -0.39 is 0 Å². The Morgan fingerprint density at radius 1 is 1.21 bits per heavy atom. The number of aromatic amines is 1. The molecule has 0 saturated carbocycles. The minimum Gasteiger partial charge on any atom is -0.372 e. The Hall–Kier alpha value is -3.02. The first-order valence-corrected chi connectivity index (χ1v) is 12.5. The standard InChI is InChI=1S/C28H41N5O/c1-10-13-14-21-25(28(7,8)9)30-26-24(23(18(4)5)31-33(26)27(21)34)29-22-16-15-20(17-19(22)6)32(11-2)12-3/h15-17,29,31H,4,10-14H2,1-3,5-9H3. The summed E-state index contributed by atoms with van der Waals surface area (Å²) in [4.78, 5) is 21.0. The number of aromatic nitrogens is 3. The predicted octanol–water partition coefficient (Wildman–Crippen LogP) is 6.59. The lowest BCUT2D eigenvalue weighted by molar-refractivity contribution is 0.553. The van der Waals surface area contributed by atoms with Gasteiger partial charge in [-0.05, 0) is 69.9 Å². The molecule has 3 rings (SSSR count). The number of hydrogen-bond acceptors (Lipinski definition) is 4. The zero-order chi connectivity index (χ0) is 25.2. The third-order valence-corrected chi connectivity index (χ3v) is 6.39. The molecule has 0 spiro atoms. The zero-order valence-corrected chi connectivity index (χ0v) is 22.2. The van der Waals surface area contributed by atoms with Crippen molar-refractivity contribution in [1.29, 1.82) is 0 Å². The van der Waals surface area contributed by atoms with Crippen molar-refractivity contribution in [3.63, 3.8) is 0 Å². The third-order valence-electron chi connectivity index (χ3n) is 6.39. The summed E-state index contributed by atoms with van der Waals surface area (Å²) in [6.07, 6.45) is 2.72. The van der Waals surface area contributed by atoms with Gasteiger partial charge in [0.2, 0.25) is 0 Å². The Kier molecular flexibility index (Phi) is 7.59. The maximum atomic E-state index is 13.6. The van der Waals surface area contributed by atoms with Gasteiger partial charge in [-0.2, -0.15) is 4.52 Å². The second-order valence-corrected chi connectivity index (χ2v) is 10.2. The normalized spacial score (nSPS) is 11.8.